The number of ether oxygens (including phenoxy) is 1. The van der Waals surface area contributed by atoms with Crippen molar-refractivity contribution in [3.63, 3.8) is 0 Å². The van der Waals surface area contributed by atoms with Crippen LogP contribution in [0.3, 0.4) is 0 Å². The van der Waals surface area contributed by atoms with Crippen LogP contribution in [0.2, 0.25) is 0 Å². The van der Waals surface area contributed by atoms with Crippen LogP contribution in [-0.2, 0) is 4.74 Å². The Morgan fingerprint density at radius 3 is 2.81 bits per heavy atom. The highest BCUT2D eigenvalue weighted by Crippen LogP contribution is 2.20. The Morgan fingerprint density at radius 1 is 1.38 bits per heavy atom. The number of morpholine rings is 1. The molecule has 1 aliphatic rings. The van der Waals surface area contributed by atoms with Crippen LogP contribution in [-0.4, -0.2) is 55.2 Å². The predicted molar refractivity (Wildman–Crippen MR) is 83.8 cm³/mol. The van der Waals surface area contributed by atoms with Crippen LogP contribution < -0.4 is 4.90 Å². The fraction of sp³-hybridized carbons (Fsp3) is 0.625. The highest BCUT2D eigenvalue weighted by Gasteiger charge is 2.22. The molecule has 1 aromatic rings. The van der Waals surface area contributed by atoms with Crippen LogP contribution in [0.1, 0.15) is 37.0 Å². The summed E-state index contributed by atoms with van der Waals surface area (Å²) in [5, 5.41) is 0. The van der Waals surface area contributed by atoms with Gasteiger partial charge in [0.2, 0.25) is 0 Å². The van der Waals surface area contributed by atoms with Crippen LogP contribution in [0, 0.1) is 0 Å². The number of hydrogen-bond acceptors (Lipinski definition) is 4. The van der Waals surface area contributed by atoms with Crippen molar-refractivity contribution in [2.45, 2.75) is 26.7 Å². The van der Waals surface area contributed by atoms with Gasteiger partial charge in [-0.05, 0) is 25.5 Å². The fourth-order valence-corrected chi connectivity index (χ4v) is 2.51. The molecule has 5 nitrogen and oxygen atoms in total. The molecule has 2 heterocycles. The van der Waals surface area contributed by atoms with Gasteiger partial charge in [-0.15, -0.1) is 0 Å². The molecule has 1 aromatic heterocycles. The van der Waals surface area contributed by atoms with Crippen molar-refractivity contribution in [3.05, 3.63) is 23.9 Å². The van der Waals surface area contributed by atoms with Crippen LogP contribution in [0.4, 0.5) is 5.82 Å². The summed E-state index contributed by atoms with van der Waals surface area (Å²) in [6.07, 6.45) is 3.88. The molecule has 0 aliphatic carbocycles. The Kier molecular flexibility index (Phi) is 5.99. The van der Waals surface area contributed by atoms with Gasteiger partial charge in [-0.25, -0.2) is 4.98 Å². The first-order valence-electron chi connectivity index (χ1n) is 7.84. The molecule has 116 valence electrons. The van der Waals surface area contributed by atoms with Gasteiger partial charge >= 0.3 is 0 Å². The monoisotopic (exact) mass is 291 g/mol. The normalized spacial score (nSPS) is 15.0. The van der Waals surface area contributed by atoms with E-state index in [1.54, 1.807) is 6.20 Å². The maximum absolute atomic E-state index is 12.8. The molecule has 1 aliphatic heterocycles. The Bertz CT molecular complexity index is 459. The van der Waals surface area contributed by atoms with Gasteiger partial charge in [0, 0.05) is 32.4 Å². The van der Waals surface area contributed by atoms with Crippen molar-refractivity contribution in [1.29, 1.82) is 0 Å². The molecule has 0 atom stereocenters. The minimum Gasteiger partial charge on any atom is -0.378 e. The molecular weight excluding hydrogens is 266 g/mol. The maximum Gasteiger partial charge on any atom is 0.257 e. The number of carbonyl (C=O) groups excluding carboxylic acids is 1. The largest absolute Gasteiger partial charge is 0.378 e. The van der Waals surface area contributed by atoms with Gasteiger partial charge in [0.1, 0.15) is 5.82 Å². The second kappa shape index (κ2) is 7.98. The van der Waals surface area contributed by atoms with Crippen LogP contribution >= 0.6 is 0 Å². The predicted octanol–water partition coefficient (Wildman–Crippen LogP) is 2.18. The summed E-state index contributed by atoms with van der Waals surface area (Å²) in [5.41, 5.74) is 0.706. The van der Waals surface area contributed by atoms with Crippen molar-refractivity contribution in [2.75, 3.05) is 44.3 Å². The lowest BCUT2D eigenvalue weighted by molar-refractivity contribution is 0.0761. The first-order chi connectivity index (χ1) is 10.3. The second-order valence-corrected chi connectivity index (χ2v) is 5.21. The molecular formula is C16H25N3O2. The van der Waals surface area contributed by atoms with E-state index in [-0.39, 0.29) is 5.91 Å². The van der Waals surface area contributed by atoms with E-state index in [0.29, 0.717) is 18.8 Å². The van der Waals surface area contributed by atoms with Crippen LogP contribution in [0.5, 0.6) is 0 Å². The lowest BCUT2D eigenvalue weighted by Crippen LogP contribution is -2.39. The maximum atomic E-state index is 12.8. The molecule has 0 saturated carbocycles. The molecule has 2 rings (SSSR count). The third kappa shape index (κ3) is 3.94. The van der Waals surface area contributed by atoms with Crippen molar-refractivity contribution in [2.24, 2.45) is 0 Å². The molecule has 0 N–H and O–H groups in total. The van der Waals surface area contributed by atoms with E-state index in [0.717, 1.165) is 44.8 Å². The minimum absolute atomic E-state index is 0.0838. The zero-order valence-corrected chi connectivity index (χ0v) is 13.0. The number of anilines is 1. The summed E-state index contributed by atoms with van der Waals surface area (Å²) in [5.74, 6) is 0.876. The number of pyridine rings is 1. The van der Waals surface area contributed by atoms with Crippen molar-refractivity contribution in [3.8, 4) is 0 Å². The lowest BCUT2D eigenvalue weighted by atomic mass is 10.2. The lowest BCUT2D eigenvalue weighted by Gasteiger charge is -2.30. The third-order valence-electron chi connectivity index (χ3n) is 3.78. The van der Waals surface area contributed by atoms with Gasteiger partial charge in [-0.1, -0.05) is 13.3 Å². The van der Waals surface area contributed by atoms with Gasteiger partial charge < -0.3 is 14.5 Å². The summed E-state index contributed by atoms with van der Waals surface area (Å²) in [6, 6.07) is 3.72. The molecule has 1 amide bonds. The molecule has 0 radical (unpaired) electrons. The van der Waals surface area contributed by atoms with Crippen molar-refractivity contribution < 1.29 is 9.53 Å². The SMILES string of the molecule is CCCCN(CC)C(=O)c1cccnc1N1CCOCC1. The highest BCUT2D eigenvalue weighted by atomic mass is 16.5. The number of nitrogens with zero attached hydrogens (tertiary/aromatic N) is 3. The topological polar surface area (TPSA) is 45.7 Å². The summed E-state index contributed by atoms with van der Waals surface area (Å²) >= 11 is 0. The van der Waals surface area contributed by atoms with Crippen molar-refractivity contribution in [1.82, 2.24) is 9.88 Å². The van der Waals surface area contributed by atoms with Gasteiger partial charge in [0.05, 0.1) is 18.8 Å². The van der Waals surface area contributed by atoms with E-state index >= 15 is 0 Å². The van der Waals surface area contributed by atoms with E-state index in [2.05, 4.69) is 16.8 Å². The van der Waals surface area contributed by atoms with Gasteiger partial charge in [0.15, 0.2) is 0 Å². The molecule has 1 fully saturated rings. The first-order valence-corrected chi connectivity index (χ1v) is 7.84. The number of rotatable bonds is 6. The highest BCUT2D eigenvalue weighted by molar-refractivity contribution is 5.98. The van der Waals surface area contributed by atoms with E-state index in [1.807, 2.05) is 24.0 Å². The first kappa shape index (κ1) is 15.8. The number of hydrogen-bond donors (Lipinski definition) is 0. The zero-order chi connectivity index (χ0) is 15.1. The molecule has 0 unspecified atom stereocenters. The van der Waals surface area contributed by atoms with Crippen molar-refractivity contribution >= 4 is 11.7 Å². The summed E-state index contributed by atoms with van der Waals surface area (Å²) in [6.45, 7) is 8.67. The fourth-order valence-electron chi connectivity index (χ4n) is 2.51. The third-order valence-corrected chi connectivity index (χ3v) is 3.78. The van der Waals surface area contributed by atoms with Gasteiger partial charge in [-0.2, -0.15) is 0 Å². The minimum atomic E-state index is 0.0838. The molecule has 0 aromatic carbocycles. The molecule has 1 saturated heterocycles. The standard InChI is InChI=1S/C16H25N3O2/c1-3-5-9-18(4-2)16(20)14-7-6-8-17-15(14)19-10-12-21-13-11-19/h6-8H,3-5,9-13H2,1-2H3. The number of carbonyl (C=O) groups is 1. The van der Waals surface area contributed by atoms with Crippen LogP contribution in [0.15, 0.2) is 18.3 Å². The quantitative estimate of drug-likeness (QED) is 0.806. The Labute approximate surface area is 126 Å². The van der Waals surface area contributed by atoms with E-state index in [9.17, 15) is 4.79 Å². The summed E-state index contributed by atoms with van der Waals surface area (Å²) < 4.78 is 5.38. The molecule has 21 heavy (non-hydrogen) atoms. The number of amides is 1. The van der Waals surface area contributed by atoms with Crippen LogP contribution in [0.25, 0.3) is 0 Å². The summed E-state index contributed by atoms with van der Waals surface area (Å²) in [7, 11) is 0. The van der Waals surface area contributed by atoms with Gasteiger partial charge in [0.25, 0.3) is 5.91 Å². The van der Waals surface area contributed by atoms with E-state index in [4.69, 9.17) is 4.74 Å². The van der Waals surface area contributed by atoms with E-state index < -0.39 is 0 Å². The second-order valence-electron chi connectivity index (χ2n) is 5.21. The average Bonchev–Trinajstić information content (AvgIpc) is 2.56. The molecule has 0 bridgehead atoms. The summed E-state index contributed by atoms with van der Waals surface area (Å²) in [4.78, 5) is 21.3. The van der Waals surface area contributed by atoms with Gasteiger partial charge in [-0.3, -0.25) is 4.79 Å². The Balaban J connectivity index is 2.19. The Hall–Kier alpha value is -1.62. The number of unbranched alkanes of at least 4 members (excludes halogenated alkanes) is 1. The zero-order valence-electron chi connectivity index (χ0n) is 13.0. The van der Waals surface area contributed by atoms with E-state index in [1.165, 1.54) is 0 Å². The Morgan fingerprint density at radius 2 is 2.14 bits per heavy atom. The smallest absolute Gasteiger partial charge is 0.257 e. The number of aromatic nitrogens is 1. The molecule has 5 heteroatoms. The molecule has 0 spiro atoms. The average molecular weight is 291 g/mol.